The molecule has 0 bridgehead atoms. The molecule has 0 spiro atoms. The Bertz CT molecular complexity index is 718. The van der Waals surface area contributed by atoms with Crippen LogP contribution in [0.1, 0.15) is 16.7 Å². The van der Waals surface area contributed by atoms with Crippen molar-refractivity contribution in [1.29, 1.82) is 0 Å². The van der Waals surface area contributed by atoms with Gasteiger partial charge in [-0.2, -0.15) is 0 Å². The summed E-state index contributed by atoms with van der Waals surface area (Å²) in [6.45, 7) is 2.40. The van der Waals surface area contributed by atoms with E-state index in [1.807, 2.05) is 24.1 Å². The highest BCUT2D eigenvalue weighted by molar-refractivity contribution is 6.33. The minimum absolute atomic E-state index is 0.0786. The Morgan fingerprint density at radius 3 is 2.83 bits per heavy atom. The van der Waals surface area contributed by atoms with Gasteiger partial charge in [0.2, 0.25) is 5.91 Å². The standard InChI is InChI=1S/C18H19ClN2O2/c1-21(9-13-6-7-14-11-23-12-15(14)8-13)10-18(22)20-17-5-3-2-4-16(17)19/h2-8H,9-12H2,1H3,(H,20,22). The van der Waals surface area contributed by atoms with E-state index in [2.05, 4.69) is 23.5 Å². The van der Waals surface area contributed by atoms with Crippen molar-refractivity contribution in [3.8, 4) is 0 Å². The van der Waals surface area contributed by atoms with E-state index in [9.17, 15) is 4.79 Å². The van der Waals surface area contributed by atoms with E-state index in [1.54, 1.807) is 12.1 Å². The zero-order valence-corrected chi connectivity index (χ0v) is 13.8. The fraction of sp³-hybridized carbons (Fsp3) is 0.278. The first-order valence-corrected chi connectivity index (χ1v) is 7.91. The molecule has 0 radical (unpaired) electrons. The molecule has 0 saturated heterocycles. The number of anilines is 1. The van der Waals surface area contributed by atoms with Gasteiger partial charge in [-0.1, -0.05) is 41.9 Å². The zero-order valence-electron chi connectivity index (χ0n) is 13.0. The maximum Gasteiger partial charge on any atom is 0.238 e. The van der Waals surface area contributed by atoms with Crippen LogP contribution in [0.15, 0.2) is 42.5 Å². The first-order chi connectivity index (χ1) is 11.1. The summed E-state index contributed by atoms with van der Waals surface area (Å²) in [5, 5.41) is 3.38. The van der Waals surface area contributed by atoms with Gasteiger partial charge in [-0.25, -0.2) is 0 Å². The minimum Gasteiger partial charge on any atom is -0.372 e. The highest BCUT2D eigenvalue weighted by atomic mass is 35.5. The van der Waals surface area contributed by atoms with E-state index in [0.717, 1.165) is 0 Å². The number of para-hydroxylation sites is 1. The highest BCUT2D eigenvalue weighted by Gasteiger charge is 2.13. The normalized spacial score (nSPS) is 13.2. The third-order valence-electron chi connectivity index (χ3n) is 3.80. The van der Waals surface area contributed by atoms with Gasteiger partial charge >= 0.3 is 0 Å². The lowest BCUT2D eigenvalue weighted by atomic mass is 10.1. The Labute approximate surface area is 141 Å². The predicted octanol–water partition coefficient (Wildman–Crippen LogP) is 3.44. The van der Waals surface area contributed by atoms with Gasteiger partial charge in [-0.3, -0.25) is 9.69 Å². The Morgan fingerprint density at radius 1 is 1.22 bits per heavy atom. The van der Waals surface area contributed by atoms with Crippen molar-refractivity contribution in [3.05, 3.63) is 64.2 Å². The van der Waals surface area contributed by atoms with E-state index >= 15 is 0 Å². The molecular formula is C18H19ClN2O2. The largest absolute Gasteiger partial charge is 0.372 e. The van der Waals surface area contributed by atoms with Gasteiger partial charge in [-0.05, 0) is 35.9 Å². The summed E-state index contributed by atoms with van der Waals surface area (Å²) in [5.74, 6) is -0.0786. The number of carbonyl (C=O) groups is 1. The van der Waals surface area contributed by atoms with Gasteiger partial charge < -0.3 is 10.1 Å². The van der Waals surface area contributed by atoms with Gasteiger partial charge in [0.05, 0.1) is 30.5 Å². The number of likely N-dealkylation sites (N-methyl/N-ethyl adjacent to an activating group) is 1. The van der Waals surface area contributed by atoms with E-state index in [-0.39, 0.29) is 5.91 Å². The van der Waals surface area contributed by atoms with Gasteiger partial charge in [-0.15, -0.1) is 0 Å². The fourth-order valence-electron chi connectivity index (χ4n) is 2.69. The number of carbonyl (C=O) groups excluding carboxylic acids is 1. The number of hydrogen-bond donors (Lipinski definition) is 1. The van der Waals surface area contributed by atoms with Crippen LogP contribution < -0.4 is 5.32 Å². The molecule has 0 fully saturated rings. The van der Waals surface area contributed by atoms with Gasteiger partial charge in [0.25, 0.3) is 0 Å². The number of hydrogen-bond acceptors (Lipinski definition) is 3. The zero-order chi connectivity index (χ0) is 16.2. The fourth-order valence-corrected chi connectivity index (χ4v) is 2.87. The number of rotatable bonds is 5. The van der Waals surface area contributed by atoms with E-state index in [1.165, 1.54) is 16.7 Å². The minimum atomic E-state index is -0.0786. The molecule has 0 saturated carbocycles. The molecular weight excluding hydrogens is 312 g/mol. The van der Waals surface area contributed by atoms with Crippen molar-refractivity contribution in [2.75, 3.05) is 18.9 Å². The van der Waals surface area contributed by atoms with Crippen LogP contribution in [0.5, 0.6) is 0 Å². The molecule has 1 N–H and O–H groups in total. The molecule has 0 unspecified atom stereocenters. The van der Waals surface area contributed by atoms with Crippen LogP contribution in [-0.4, -0.2) is 24.4 Å². The molecule has 0 aliphatic carbocycles. The molecule has 1 aliphatic rings. The van der Waals surface area contributed by atoms with Gasteiger partial charge in [0.15, 0.2) is 0 Å². The van der Waals surface area contributed by atoms with E-state index < -0.39 is 0 Å². The quantitative estimate of drug-likeness (QED) is 0.913. The topological polar surface area (TPSA) is 41.6 Å². The number of fused-ring (bicyclic) bond motifs is 1. The Kier molecular flexibility index (Phi) is 4.96. The second kappa shape index (κ2) is 7.13. The van der Waals surface area contributed by atoms with E-state index in [4.69, 9.17) is 16.3 Å². The van der Waals surface area contributed by atoms with Crippen molar-refractivity contribution >= 4 is 23.2 Å². The molecule has 2 aromatic rings. The third-order valence-corrected chi connectivity index (χ3v) is 4.13. The lowest BCUT2D eigenvalue weighted by molar-refractivity contribution is -0.117. The Morgan fingerprint density at radius 2 is 2.00 bits per heavy atom. The summed E-state index contributed by atoms with van der Waals surface area (Å²) in [4.78, 5) is 14.1. The Balaban J connectivity index is 1.55. The monoisotopic (exact) mass is 330 g/mol. The van der Waals surface area contributed by atoms with Crippen LogP contribution in [-0.2, 0) is 29.3 Å². The van der Waals surface area contributed by atoms with Crippen LogP contribution >= 0.6 is 11.6 Å². The molecule has 120 valence electrons. The molecule has 1 aliphatic heterocycles. The summed E-state index contributed by atoms with van der Waals surface area (Å²) in [5.41, 5.74) is 4.33. The second-order valence-corrected chi connectivity index (χ2v) is 6.20. The third kappa shape index (κ3) is 4.10. The lowest BCUT2D eigenvalue weighted by Gasteiger charge is -2.17. The van der Waals surface area contributed by atoms with Crippen molar-refractivity contribution in [3.63, 3.8) is 0 Å². The van der Waals surface area contributed by atoms with Crippen molar-refractivity contribution in [1.82, 2.24) is 4.90 Å². The summed E-state index contributed by atoms with van der Waals surface area (Å²) >= 11 is 6.05. The number of ether oxygens (including phenoxy) is 1. The lowest BCUT2D eigenvalue weighted by Crippen LogP contribution is -2.29. The summed E-state index contributed by atoms with van der Waals surface area (Å²) in [7, 11) is 1.93. The Hall–Kier alpha value is -1.88. The molecule has 5 heteroatoms. The van der Waals surface area contributed by atoms with Crippen LogP contribution in [0.2, 0.25) is 5.02 Å². The van der Waals surface area contributed by atoms with Crippen LogP contribution in [0.25, 0.3) is 0 Å². The number of benzene rings is 2. The average molecular weight is 331 g/mol. The van der Waals surface area contributed by atoms with Gasteiger partial charge in [0, 0.05) is 6.54 Å². The van der Waals surface area contributed by atoms with Gasteiger partial charge in [0.1, 0.15) is 0 Å². The summed E-state index contributed by atoms with van der Waals surface area (Å²) in [6, 6.07) is 13.6. The molecule has 1 amide bonds. The molecule has 0 atom stereocenters. The molecule has 0 aromatic heterocycles. The predicted molar refractivity (Wildman–Crippen MR) is 91.4 cm³/mol. The number of nitrogens with zero attached hydrogens (tertiary/aromatic N) is 1. The van der Waals surface area contributed by atoms with Crippen LogP contribution in [0, 0.1) is 0 Å². The maximum absolute atomic E-state index is 12.1. The molecule has 2 aromatic carbocycles. The molecule has 3 rings (SSSR count). The molecule has 1 heterocycles. The summed E-state index contributed by atoms with van der Waals surface area (Å²) < 4.78 is 5.43. The number of nitrogens with one attached hydrogen (secondary N) is 1. The number of halogens is 1. The number of amides is 1. The second-order valence-electron chi connectivity index (χ2n) is 5.80. The maximum atomic E-state index is 12.1. The van der Waals surface area contributed by atoms with Crippen molar-refractivity contribution in [2.24, 2.45) is 0 Å². The first kappa shape index (κ1) is 16.0. The van der Waals surface area contributed by atoms with Crippen molar-refractivity contribution < 1.29 is 9.53 Å². The van der Waals surface area contributed by atoms with E-state index in [0.29, 0.717) is 37.0 Å². The molecule has 23 heavy (non-hydrogen) atoms. The average Bonchev–Trinajstić information content (AvgIpc) is 2.97. The van der Waals surface area contributed by atoms with Crippen molar-refractivity contribution in [2.45, 2.75) is 19.8 Å². The highest BCUT2D eigenvalue weighted by Crippen LogP contribution is 2.22. The molecule has 4 nitrogen and oxygen atoms in total. The van der Waals surface area contributed by atoms with Crippen LogP contribution in [0.3, 0.4) is 0 Å². The van der Waals surface area contributed by atoms with Crippen LogP contribution in [0.4, 0.5) is 5.69 Å². The first-order valence-electron chi connectivity index (χ1n) is 7.53. The SMILES string of the molecule is CN(CC(=O)Nc1ccccc1Cl)Cc1ccc2c(c1)COC2. The summed E-state index contributed by atoms with van der Waals surface area (Å²) in [6.07, 6.45) is 0. The smallest absolute Gasteiger partial charge is 0.238 e.